The molecular weight excluding hydrogens is 328 g/mol. The molecule has 1 amide bonds. The van der Waals surface area contributed by atoms with E-state index in [-0.39, 0.29) is 5.92 Å². The number of amides is 1. The molecular formula is C21H24N2O3. The smallest absolute Gasteiger partial charge is 0.329 e. The molecule has 1 aromatic heterocycles. The first-order valence-corrected chi connectivity index (χ1v) is 8.58. The van der Waals surface area contributed by atoms with Gasteiger partial charge in [0.2, 0.25) is 0 Å². The standard InChI is InChI=1S/C21H24N2O3/c1-15(2)14-26-21(25)19(13-17-9-11-22-12-10-17)23-20(24)16(3)18-7-5-4-6-8-18/h4-12,15,19H,3,13-14H2,1-2H3,(H,23,24). The number of rotatable bonds is 8. The van der Waals surface area contributed by atoms with E-state index in [1.807, 2.05) is 32.0 Å². The van der Waals surface area contributed by atoms with Crippen molar-refractivity contribution in [1.29, 1.82) is 0 Å². The average molecular weight is 352 g/mol. The molecule has 1 unspecified atom stereocenters. The van der Waals surface area contributed by atoms with Crippen molar-refractivity contribution in [1.82, 2.24) is 10.3 Å². The van der Waals surface area contributed by atoms with Gasteiger partial charge in [-0.2, -0.15) is 0 Å². The molecule has 5 heteroatoms. The maximum absolute atomic E-state index is 12.6. The second-order valence-electron chi connectivity index (χ2n) is 6.45. The molecule has 136 valence electrons. The molecule has 26 heavy (non-hydrogen) atoms. The van der Waals surface area contributed by atoms with E-state index in [0.29, 0.717) is 24.2 Å². The molecule has 0 fully saturated rings. The lowest BCUT2D eigenvalue weighted by Gasteiger charge is -2.19. The first kappa shape index (κ1) is 19.4. The van der Waals surface area contributed by atoms with Crippen LogP contribution in [-0.2, 0) is 20.7 Å². The van der Waals surface area contributed by atoms with Crippen molar-refractivity contribution in [2.24, 2.45) is 5.92 Å². The molecule has 0 aliphatic heterocycles. The third kappa shape index (κ3) is 5.84. The Bertz CT molecular complexity index is 742. The van der Waals surface area contributed by atoms with Crippen molar-refractivity contribution in [3.05, 3.63) is 72.6 Å². The van der Waals surface area contributed by atoms with Crippen molar-refractivity contribution in [2.75, 3.05) is 6.61 Å². The zero-order chi connectivity index (χ0) is 18.9. The normalized spacial score (nSPS) is 11.7. The summed E-state index contributed by atoms with van der Waals surface area (Å²) in [6.07, 6.45) is 3.63. The van der Waals surface area contributed by atoms with Crippen molar-refractivity contribution >= 4 is 17.4 Å². The van der Waals surface area contributed by atoms with E-state index in [9.17, 15) is 9.59 Å². The van der Waals surface area contributed by atoms with Gasteiger partial charge in [0.05, 0.1) is 6.61 Å². The third-order valence-corrected chi connectivity index (χ3v) is 3.73. The van der Waals surface area contributed by atoms with E-state index in [0.717, 1.165) is 5.56 Å². The van der Waals surface area contributed by atoms with Crippen LogP contribution >= 0.6 is 0 Å². The van der Waals surface area contributed by atoms with Gasteiger partial charge >= 0.3 is 5.97 Å². The van der Waals surface area contributed by atoms with Crippen LogP contribution in [0.4, 0.5) is 0 Å². The van der Waals surface area contributed by atoms with E-state index in [4.69, 9.17) is 4.74 Å². The topological polar surface area (TPSA) is 68.3 Å². The molecule has 2 rings (SSSR count). The molecule has 0 saturated carbocycles. The molecule has 0 aliphatic carbocycles. The summed E-state index contributed by atoms with van der Waals surface area (Å²) in [7, 11) is 0. The van der Waals surface area contributed by atoms with Gasteiger partial charge in [0.25, 0.3) is 5.91 Å². The number of nitrogens with one attached hydrogen (secondary N) is 1. The average Bonchev–Trinajstić information content (AvgIpc) is 2.66. The molecule has 5 nitrogen and oxygen atoms in total. The summed E-state index contributed by atoms with van der Waals surface area (Å²) in [6.45, 7) is 8.07. The second-order valence-corrected chi connectivity index (χ2v) is 6.45. The van der Waals surface area contributed by atoms with Gasteiger partial charge in [0.1, 0.15) is 6.04 Å². The molecule has 0 saturated heterocycles. The van der Waals surface area contributed by atoms with Gasteiger partial charge in [0, 0.05) is 24.4 Å². The second kappa shape index (κ2) is 9.51. The van der Waals surface area contributed by atoms with Gasteiger partial charge in [0.15, 0.2) is 0 Å². The van der Waals surface area contributed by atoms with Crippen molar-refractivity contribution in [2.45, 2.75) is 26.3 Å². The predicted molar refractivity (Wildman–Crippen MR) is 101 cm³/mol. The van der Waals surface area contributed by atoms with Crippen LogP contribution in [0.1, 0.15) is 25.0 Å². The van der Waals surface area contributed by atoms with Gasteiger partial charge in [-0.1, -0.05) is 50.8 Å². The lowest BCUT2D eigenvalue weighted by molar-refractivity contribution is -0.148. The van der Waals surface area contributed by atoms with Crippen LogP contribution in [0.15, 0.2) is 61.4 Å². The van der Waals surface area contributed by atoms with Gasteiger partial charge in [-0.05, 0) is 29.2 Å². The number of hydrogen-bond donors (Lipinski definition) is 1. The Kier molecular flexibility index (Phi) is 7.09. The SMILES string of the molecule is C=C(C(=O)NC(Cc1ccncc1)C(=O)OCC(C)C)c1ccccc1. The molecule has 1 atom stereocenters. The summed E-state index contributed by atoms with van der Waals surface area (Å²) in [5.74, 6) is -0.628. The number of pyridine rings is 1. The number of carbonyl (C=O) groups excluding carboxylic acids is 2. The molecule has 0 radical (unpaired) electrons. The lowest BCUT2D eigenvalue weighted by atomic mass is 10.0. The Labute approximate surface area is 154 Å². The Morgan fingerprint density at radius 3 is 2.38 bits per heavy atom. The first-order valence-electron chi connectivity index (χ1n) is 8.58. The van der Waals surface area contributed by atoms with Gasteiger partial charge in [-0.15, -0.1) is 0 Å². The number of hydrogen-bond acceptors (Lipinski definition) is 4. The van der Waals surface area contributed by atoms with Crippen LogP contribution in [-0.4, -0.2) is 29.5 Å². The summed E-state index contributed by atoms with van der Waals surface area (Å²) in [5, 5.41) is 2.75. The first-order chi connectivity index (χ1) is 12.5. The predicted octanol–water partition coefficient (Wildman–Crippen LogP) is 3.02. The molecule has 1 N–H and O–H groups in total. The van der Waals surface area contributed by atoms with Crippen molar-refractivity contribution in [3.8, 4) is 0 Å². The van der Waals surface area contributed by atoms with Crippen molar-refractivity contribution in [3.63, 3.8) is 0 Å². The highest BCUT2D eigenvalue weighted by Gasteiger charge is 2.24. The number of esters is 1. The fraction of sp³-hybridized carbons (Fsp3) is 0.286. The Hall–Kier alpha value is -2.95. The maximum atomic E-state index is 12.6. The third-order valence-electron chi connectivity index (χ3n) is 3.73. The number of ether oxygens (including phenoxy) is 1. The molecule has 0 bridgehead atoms. The molecule has 0 spiro atoms. The highest BCUT2D eigenvalue weighted by molar-refractivity contribution is 6.19. The summed E-state index contributed by atoms with van der Waals surface area (Å²) in [4.78, 5) is 29.0. The number of benzene rings is 1. The van der Waals surface area contributed by atoms with E-state index in [1.54, 1.807) is 36.7 Å². The van der Waals surface area contributed by atoms with Gasteiger partial charge < -0.3 is 10.1 Å². The Morgan fingerprint density at radius 1 is 1.12 bits per heavy atom. The van der Waals surface area contributed by atoms with Crippen LogP contribution in [0, 0.1) is 5.92 Å². The van der Waals surface area contributed by atoms with Crippen LogP contribution in [0.2, 0.25) is 0 Å². The molecule has 0 aliphatic rings. The quantitative estimate of drug-likeness (QED) is 0.586. The van der Waals surface area contributed by atoms with Crippen LogP contribution in [0.3, 0.4) is 0 Å². The highest BCUT2D eigenvalue weighted by Crippen LogP contribution is 2.13. The summed E-state index contributed by atoms with van der Waals surface area (Å²) >= 11 is 0. The van der Waals surface area contributed by atoms with Gasteiger partial charge in [-0.25, -0.2) is 4.79 Å². The van der Waals surface area contributed by atoms with Crippen LogP contribution in [0.5, 0.6) is 0 Å². The van der Waals surface area contributed by atoms with Crippen molar-refractivity contribution < 1.29 is 14.3 Å². The number of aromatic nitrogens is 1. The summed E-state index contributed by atoms with van der Waals surface area (Å²) < 4.78 is 5.33. The molecule has 2 aromatic rings. The minimum absolute atomic E-state index is 0.218. The fourth-order valence-corrected chi connectivity index (χ4v) is 2.31. The Balaban J connectivity index is 2.10. The summed E-state index contributed by atoms with van der Waals surface area (Å²) in [6, 6.07) is 12.0. The highest BCUT2D eigenvalue weighted by atomic mass is 16.5. The van der Waals surface area contributed by atoms with Crippen LogP contribution in [0.25, 0.3) is 5.57 Å². The van der Waals surface area contributed by atoms with Gasteiger partial charge in [-0.3, -0.25) is 9.78 Å². The van der Waals surface area contributed by atoms with E-state index in [1.165, 1.54) is 0 Å². The van der Waals surface area contributed by atoms with E-state index < -0.39 is 17.9 Å². The molecule has 1 heterocycles. The monoisotopic (exact) mass is 352 g/mol. The lowest BCUT2D eigenvalue weighted by Crippen LogP contribution is -2.44. The largest absolute Gasteiger partial charge is 0.464 e. The molecule has 1 aromatic carbocycles. The van der Waals surface area contributed by atoms with E-state index >= 15 is 0 Å². The Morgan fingerprint density at radius 2 is 1.77 bits per heavy atom. The summed E-state index contributed by atoms with van der Waals surface area (Å²) in [5.41, 5.74) is 1.90. The number of nitrogens with zero attached hydrogens (tertiary/aromatic N) is 1. The maximum Gasteiger partial charge on any atom is 0.329 e. The zero-order valence-electron chi connectivity index (χ0n) is 15.1. The minimum Gasteiger partial charge on any atom is -0.464 e. The van der Waals surface area contributed by atoms with Crippen LogP contribution < -0.4 is 5.32 Å². The minimum atomic E-state index is -0.788. The number of carbonyl (C=O) groups is 2. The zero-order valence-corrected chi connectivity index (χ0v) is 15.1. The fourth-order valence-electron chi connectivity index (χ4n) is 2.31. The van der Waals surface area contributed by atoms with E-state index in [2.05, 4.69) is 16.9 Å².